The van der Waals surface area contributed by atoms with E-state index in [-0.39, 0.29) is 10.8 Å². The largest absolute Gasteiger partial charge is 0.241 e. The van der Waals surface area contributed by atoms with E-state index in [2.05, 4.69) is 4.72 Å². The highest BCUT2D eigenvalue weighted by Crippen LogP contribution is 2.21. The second kappa shape index (κ2) is 6.04. The Kier molecular flexibility index (Phi) is 5.20. The number of hydrogen-bond acceptors (Lipinski definition) is 2. The van der Waals surface area contributed by atoms with Crippen LogP contribution in [0.25, 0.3) is 0 Å². The Morgan fingerprint density at radius 3 is 2.06 bits per heavy atom. The molecule has 1 aromatic rings. The quantitative estimate of drug-likeness (QED) is 0.818. The minimum atomic E-state index is -3.51. The van der Waals surface area contributed by atoms with E-state index < -0.39 is 15.6 Å². The first kappa shape index (κ1) is 15.5. The highest BCUT2D eigenvalue weighted by molar-refractivity contribution is 7.89. The van der Waals surface area contributed by atoms with Crippen LogP contribution in [0.5, 0.6) is 0 Å². The Balaban J connectivity index is 3.04. The Labute approximate surface area is 115 Å². The first-order chi connectivity index (χ1) is 8.39. The molecule has 3 nitrogen and oxygen atoms in total. The van der Waals surface area contributed by atoms with Crippen LogP contribution < -0.4 is 4.72 Å². The topological polar surface area (TPSA) is 46.2 Å². The molecule has 1 aromatic carbocycles. The molecule has 0 bridgehead atoms. The maximum atomic E-state index is 12.3. The van der Waals surface area contributed by atoms with Gasteiger partial charge in [0.05, 0.1) is 4.90 Å². The van der Waals surface area contributed by atoms with Crippen LogP contribution in [0.2, 0.25) is 0 Å². The summed E-state index contributed by atoms with van der Waals surface area (Å²) in [7, 11) is -3.51. The summed E-state index contributed by atoms with van der Waals surface area (Å²) in [6.07, 6.45) is 1.33. The lowest BCUT2D eigenvalue weighted by molar-refractivity contribution is 0.394. The van der Waals surface area contributed by atoms with Gasteiger partial charge in [0.25, 0.3) is 0 Å². The Morgan fingerprint density at radius 1 is 1.17 bits per heavy atom. The molecule has 0 atom stereocenters. The van der Waals surface area contributed by atoms with Crippen molar-refractivity contribution in [3.8, 4) is 0 Å². The van der Waals surface area contributed by atoms with Gasteiger partial charge in [-0.2, -0.15) is 0 Å². The average Bonchev–Trinajstić information content (AvgIpc) is 2.37. The minimum Gasteiger partial charge on any atom is -0.207 e. The molecule has 1 N–H and O–H groups in total. The van der Waals surface area contributed by atoms with Gasteiger partial charge in [0.1, 0.15) is 0 Å². The highest BCUT2D eigenvalue weighted by atomic mass is 35.5. The molecule has 0 aliphatic rings. The number of aryl methyl sites for hydroxylation is 1. The van der Waals surface area contributed by atoms with Gasteiger partial charge in [0.2, 0.25) is 10.0 Å². The number of benzene rings is 1. The van der Waals surface area contributed by atoms with Gasteiger partial charge in [-0.05, 0) is 31.9 Å². The van der Waals surface area contributed by atoms with Crippen molar-refractivity contribution in [2.75, 3.05) is 5.88 Å². The predicted molar refractivity (Wildman–Crippen MR) is 75.5 cm³/mol. The first-order valence-electron chi connectivity index (χ1n) is 6.06. The van der Waals surface area contributed by atoms with Crippen LogP contribution in [0.3, 0.4) is 0 Å². The molecule has 5 heteroatoms. The van der Waals surface area contributed by atoms with Crippen molar-refractivity contribution in [2.45, 2.75) is 44.0 Å². The minimum absolute atomic E-state index is 0.269. The Hall–Kier alpha value is -0.580. The number of hydrogen-bond donors (Lipinski definition) is 1. The van der Waals surface area contributed by atoms with Gasteiger partial charge in [-0.3, -0.25) is 0 Å². The van der Waals surface area contributed by atoms with Crippen LogP contribution in [0, 0.1) is 6.92 Å². The molecule has 18 heavy (non-hydrogen) atoms. The second-order valence-electron chi connectivity index (χ2n) is 4.54. The zero-order valence-corrected chi connectivity index (χ0v) is 12.6. The van der Waals surface area contributed by atoms with E-state index in [1.165, 1.54) is 0 Å². The molecule has 0 saturated heterocycles. The fraction of sp³-hybridized carbons (Fsp3) is 0.538. The molecule has 0 saturated carbocycles. The number of nitrogens with one attached hydrogen (secondary N) is 1. The number of rotatable bonds is 6. The molecular formula is C13H20ClNO2S. The Bertz CT molecular complexity index is 470. The smallest absolute Gasteiger partial charge is 0.207 e. The van der Waals surface area contributed by atoms with Crippen molar-refractivity contribution in [1.82, 2.24) is 4.72 Å². The third-order valence-corrected chi connectivity index (χ3v) is 5.40. The zero-order valence-electron chi connectivity index (χ0n) is 11.0. The average molecular weight is 290 g/mol. The van der Waals surface area contributed by atoms with E-state index in [0.717, 1.165) is 5.56 Å². The first-order valence-corrected chi connectivity index (χ1v) is 8.07. The van der Waals surface area contributed by atoms with Crippen LogP contribution in [0.15, 0.2) is 29.2 Å². The van der Waals surface area contributed by atoms with Gasteiger partial charge in [-0.15, -0.1) is 11.6 Å². The SMILES string of the molecule is CCC(CC)(CCl)NS(=O)(=O)c1ccc(C)cc1. The van der Waals surface area contributed by atoms with Crippen LogP contribution in [0.4, 0.5) is 0 Å². The third-order valence-electron chi connectivity index (χ3n) is 3.29. The summed E-state index contributed by atoms with van der Waals surface area (Å²) in [5.74, 6) is 0.269. The lowest BCUT2D eigenvalue weighted by Crippen LogP contribution is -2.49. The van der Waals surface area contributed by atoms with Gasteiger partial charge in [-0.1, -0.05) is 31.5 Å². The van der Waals surface area contributed by atoms with Crippen molar-refractivity contribution < 1.29 is 8.42 Å². The van der Waals surface area contributed by atoms with E-state index in [9.17, 15) is 8.42 Å². The maximum absolute atomic E-state index is 12.3. The molecule has 1 rings (SSSR count). The molecule has 0 radical (unpaired) electrons. The molecule has 0 aliphatic heterocycles. The summed E-state index contributed by atoms with van der Waals surface area (Å²) >= 11 is 5.92. The molecule has 102 valence electrons. The molecule has 0 heterocycles. The standard InChI is InChI=1S/C13H20ClNO2S/c1-4-13(5-2,10-14)15-18(16,17)12-8-6-11(3)7-9-12/h6-9,15H,4-5,10H2,1-3H3. The highest BCUT2D eigenvalue weighted by Gasteiger charge is 2.31. The van der Waals surface area contributed by atoms with Gasteiger partial charge in [0.15, 0.2) is 0 Å². The van der Waals surface area contributed by atoms with Gasteiger partial charge >= 0.3 is 0 Å². The fourth-order valence-corrected chi connectivity index (χ4v) is 3.74. The normalized spacial score (nSPS) is 12.7. The van der Waals surface area contributed by atoms with Crippen molar-refractivity contribution in [3.05, 3.63) is 29.8 Å². The summed E-state index contributed by atoms with van der Waals surface area (Å²) in [5, 5.41) is 0. The van der Waals surface area contributed by atoms with Crippen molar-refractivity contribution in [3.63, 3.8) is 0 Å². The fourth-order valence-electron chi connectivity index (χ4n) is 1.67. The molecule has 0 unspecified atom stereocenters. The number of halogens is 1. The summed E-state index contributed by atoms with van der Waals surface area (Å²) in [5.41, 5.74) is 0.467. The van der Waals surface area contributed by atoms with Crippen molar-refractivity contribution >= 4 is 21.6 Å². The number of sulfonamides is 1. The summed E-state index contributed by atoms with van der Waals surface area (Å²) in [6.45, 7) is 5.79. The van der Waals surface area contributed by atoms with Crippen LogP contribution in [-0.2, 0) is 10.0 Å². The van der Waals surface area contributed by atoms with Crippen LogP contribution >= 0.6 is 11.6 Å². The van der Waals surface area contributed by atoms with Gasteiger partial charge in [0, 0.05) is 11.4 Å². The van der Waals surface area contributed by atoms with Crippen molar-refractivity contribution in [2.24, 2.45) is 0 Å². The van der Waals surface area contributed by atoms with E-state index >= 15 is 0 Å². The lowest BCUT2D eigenvalue weighted by Gasteiger charge is -2.30. The summed E-state index contributed by atoms with van der Waals surface area (Å²) in [6, 6.07) is 6.80. The van der Waals surface area contributed by atoms with Crippen LogP contribution in [0.1, 0.15) is 32.3 Å². The Morgan fingerprint density at radius 2 is 1.67 bits per heavy atom. The van der Waals surface area contributed by atoms with Gasteiger partial charge in [-0.25, -0.2) is 13.1 Å². The van der Waals surface area contributed by atoms with E-state index in [4.69, 9.17) is 11.6 Å². The molecule has 0 fully saturated rings. The second-order valence-corrected chi connectivity index (χ2v) is 6.49. The lowest BCUT2D eigenvalue weighted by atomic mass is 9.97. The maximum Gasteiger partial charge on any atom is 0.241 e. The van der Waals surface area contributed by atoms with Crippen LogP contribution in [-0.4, -0.2) is 19.8 Å². The van der Waals surface area contributed by atoms with Crippen molar-refractivity contribution in [1.29, 1.82) is 0 Å². The predicted octanol–water partition coefficient (Wildman–Crippen LogP) is 3.07. The molecular weight excluding hydrogens is 270 g/mol. The summed E-state index contributed by atoms with van der Waals surface area (Å²) < 4.78 is 27.3. The van der Waals surface area contributed by atoms with E-state index in [1.54, 1.807) is 24.3 Å². The number of alkyl halides is 1. The van der Waals surface area contributed by atoms with E-state index in [1.807, 2.05) is 20.8 Å². The van der Waals surface area contributed by atoms with Gasteiger partial charge < -0.3 is 0 Å². The molecule has 0 aliphatic carbocycles. The summed E-state index contributed by atoms with van der Waals surface area (Å²) in [4.78, 5) is 0.282. The zero-order chi connectivity index (χ0) is 13.8. The molecule has 0 amide bonds. The monoisotopic (exact) mass is 289 g/mol. The van der Waals surface area contributed by atoms with E-state index in [0.29, 0.717) is 12.8 Å². The molecule has 0 aromatic heterocycles. The molecule has 0 spiro atoms. The third kappa shape index (κ3) is 3.46.